The number of benzene rings is 1. The summed E-state index contributed by atoms with van der Waals surface area (Å²) < 4.78 is 14.5. The highest BCUT2D eigenvalue weighted by atomic mass is 79.9. The van der Waals surface area contributed by atoms with E-state index >= 15 is 0 Å². The van der Waals surface area contributed by atoms with Crippen LogP contribution in [0, 0.1) is 0 Å². The van der Waals surface area contributed by atoms with Crippen molar-refractivity contribution in [2.24, 2.45) is 0 Å². The first-order chi connectivity index (χ1) is 24.7. The Morgan fingerprint density at radius 3 is 0.680 bits per heavy atom. The third-order valence-corrected chi connectivity index (χ3v) is 12.3. The zero-order valence-corrected chi connectivity index (χ0v) is 36.8. The summed E-state index contributed by atoms with van der Waals surface area (Å²) >= 11 is 7.30. The van der Waals surface area contributed by atoms with Crippen molar-refractivity contribution in [3.8, 4) is 11.5 Å². The van der Waals surface area contributed by atoms with E-state index in [0.29, 0.717) is 0 Å². The summed E-state index contributed by atoms with van der Waals surface area (Å²) in [5.74, 6) is 1.74. The molecule has 0 aliphatic carbocycles. The maximum Gasteiger partial charge on any atom is 0.162 e. The van der Waals surface area contributed by atoms with Crippen LogP contribution in [0.3, 0.4) is 0 Å². The summed E-state index contributed by atoms with van der Waals surface area (Å²) in [6.45, 7) is 6.13. The molecule has 0 amide bonds. The molecule has 0 aliphatic heterocycles. The minimum atomic E-state index is 0.766. The standard InChI is InChI=1S/C46H84Br2O2/c1-3-5-7-9-11-13-15-17-19-21-23-25-27-29-31-33-35-37-39-49-45-41-43(47)44(48)42-46(45)50-40-38-36-34-32-30-28-26-24-22-20-18-16-14-12-10-8-6-4-2/h41-42H,3-40H2,1-2H3. The molecule has 0 unspecified atom stereocenters. The Kier molecular flexibility index (Phi) is 36.8. The monoisotopic (exact) mass is 826 g/mol. The van der Waals surface area contributed by atoms with Crippen LogP contribution in [0.15, 0.2) is 21.1 Å². The van der Waals surface area contributed by atoms with Gasteiger partial charge >= 0.3 is 0 Å². The first kappa shape index (κ1) is 47.8. The van der Waals surface area contributed by atoms with Gasteiger partial charge in [0.1, 0.15) is 0 Å². The van der Waals surface area contributed by atoms with E-state index in [9.17, 15) is 0 Å². The van der Waals surface area contributed by atoms with Gasteiger partial charge in [-0.15, -0.1) is 0 Å². The zero-order valence-electron chi connectivity index (χ0n) is 33.6. The van der Waals surface area contributed by atoms with E-state index in [1.165, 1.54) is 218 Å². The van der Waals surface area contributed by atoms with Crippen molar-refractivity contribution < 1.29 is 9.47 Å². The van der Waals surface area contributed by atoms with E-state index in [4.69, 9.17) is 9.47 Å². The number of unbranched alkanes of at least 4 members (excludes halogenated alkanes) is 34. The van der Waals surface area contributed by atoms with Crippen molar-refractivity contribution in [2.45, 2.75) is 245 Å². The van der Waals surface area contributed by atoms with Gasteiger partial charge in [0.2, 0.25) is 0 Å². The lowest BCUT2D eigenvalue weighted by molar-refractivity contribution is 0.258. The molecule has 0 heterocycles. The van der Waals surface area contributed by atoms with Gasteiger partial charge in [0.15, 0.2) is 11.5 Å². The molecule has 0 aromatic heterocycles. The molecule has 50 heavy (non-hydrogen) atoms. The lowest BCUT2D eigenvalue weighted by Crippen LogP contribution is -2.03. The fraction of sp³-hybridized carbons (Fsp3) is 0.870. The maximum atomic E-state index is 6.22. The fourth-order valence-electron chi connectivity index (χ4n) is 7.11. The number of ether oxygens (including phenoxy) is 2. The number of hydrogen-bond donors (Lipinski definition) is 0. The molecular formula is C46H84Br2O2. The van der Waals surface area contributed by atoms with Crippen LogP contribution in [-0.2, 0) is 0 Å². The van der Waals surface area contributed by atoms with E-state index in [0.717, 1.165) is 46.5 Å². The largest absolute Gasteiger partial charge is 0.490 e. The third kappa shape index (κ3) is 31.3. The van der Waals surface area contributed by atoms with E-state index in [1.807, 2.05) is 0 Å². The predicted octanol–water partition coefficient (Wildman–Crippen LogP) is 18.1. The number of halogens is 2. The first-order valence-corrected chi connectivity index (χ1v) is 24.0. The van der Waals surface area contributed by atoms with Crippen LogP contribution in [0.4, 0.5) is 0 Å². The summed E-state index contributed by atoms with van der Waals surface area (Å²) in [6, 6.07) is 4.12. The molecule has 1 aromatic rings. The van der Waals surface area contributed by atoms with Crippen LogP contribution in [0.1, 0.15) is 245 Å². The van der Waals surface area contributed by atoms with Crippen LogP contribution in [0.2, 0.25) is 0 Å². The highest BCUT2D eigenvalue weighted by Crippen LogP contribution is 2.37. The van der Waals surface area contributed by atoms with Gasteiger partial charge in [0.05, 0.1) is 13.2 Å². The Morgan fingerprint density at radius 1 is 0.300 bits per heavy atom. The van der Waals surface area contributed by atoms with Crippen LogP contribution >= 0.6 is 31.9 Å². The Labute approximate surface area is 330 Å². The van der Waals surface area contributed by atoms with E-state index in [-0.39, 0.29) is 0 Å². The van der Waals surface area contributed by atoms with Gasteiger partial charge in [-0.1, -0.05) is 232 Å². The summed E-state index contributed by atoms with van der Waals surface area (Å²) in [6.07, 6.45) is 50.4. The molecule has 0 fully saturated rings. The van der Waals surface area contributed by atoms with Crippen molar-refractivity contribution in [1.29, 1.82) is 0 Å². The highest BCUT2D eigenvalue weighted by molar-refractivity contribution is 9.13. The molecule has 0 saturated heterocycles. The normalized spacial score (nSPS) is 11.4. The minimum absolute atomic E-state index is 0.766. The lowest BCUT2D eigenvalue weighted by atomic mass is 10.0. The first-order valence-electron chi connectivity index (χ1n) is 22.4. The van der Waals surface area contributed by atoms with Gasteiger partial charge in [-0.25, -0.2) is 0 Å². The number of rotatable bonds is 40. The molecule has 2 nitrogen and oxygen atoms in total. The van der Waals surface area contributed by atoms with E-state index in [2.05, 4.69) is 57.8 Å². The van der Waals surface area contributed by atoms with Crippen molar-refractivity contribution in [3.63, 3.8) is 0 Å². The van der Waals surface area contributed by atoms with Gasteiger partial charge in [-0.05, 0) is 56.8 Å². The molecule has 1 aromatic carbocycles. The molecule has 294 valence electrons. The quantitative estimate of drug-likeness (QED) is 0.0614. The van der Waals surface area contributed by atoms with Gasteiger partial charge in [0, 0.05) is 8.95 Å². The van der Waals surface area contributed by atoms with Crippen molar-refractivity contribution in [3.05, 3.63) is 21.1 Å². The van der Waals surface area contributed by atoms with E-state index in [1.54, 1.807) is 0 Å². The van der Waals surface area contributed by atoms with Crippen LogP contribution in [-0.4, -0.2) is 13.2 Å². The van der Waals surface area contributed by atoms with Crippen molar-refractivity contribution in [2.75, 3.05) is 13.2 Å². The smallest absolute Gasteiger partial charge is 0.162 e. The molecule has 0 N–H and O–H groups in total. The summed E-state index contributed by atoms with van der Waals surface area (Å²) in [7, 11) is 0. The third-order valence-electron chi connectivity index (χ3n) is 10.5. The summed E-state index contributed by atoms with van der Waals surface area (Å²) in [4.78, 5) is 0. The van der Waals surface area contributed by atoms with Crippen molar-refractivity contribution in [1.82, 2.24) is 0 Å². The second-order valence-electron chi connectivity index (χ2n) is 15.4. The lowest BCUT2D eigenvalue weighted by Gasteiger charge is -2.14. The fourth-order valence-corrected chi connectivity index (χ4v) is 7.75. The molecule has 0 saturated carbocycles. The Morgan fingerprint density at radius 2 is 0.480 bits per heavy atom. The van der Waals surface area contributed by atoms with Gasteiger partial charge < -0.3 is 9.47 Å². The molecule has 0 aliphatic rings. The van der Waals surface area contributed by atoms with Crippen LogP contribution in [0.25, 0.3) is 0 Å². The molecule has 4 heteroatoms. The minimum Gasteiger partial charge on any atom is -0.490 e. The second kappa shape index (κ2) is 38.5. The Balaban J connectivity index is 1.95. The number of hydrogen-bond acceptors (Lipinski definition) is 2. The van der Waals surface area contributed by atoms with Crippen LogP contribution in [0.5, 0.6) is 11.5 Å². The SMILES string of the molecule is CCCCCCCCCCCCCCCCCCCCOc1cc(Br)c(Br)cc1OCCCCCCCCCCCCCCCCCCCC. The second-order valence-corrected chi connectivity index (χ2v) is 17.1. The predicted molar refractivity (Wildman–Crippen MR) is 230 cm³/mol. The molecule has 0 spiro atoms. The average Bonchev–Trinajstić information content (AvgIpc) is 3.12. The van der Waals surface area contributed by atoms with E-state index < -0.39 is 0 Å². The molecule has 1 rings (SSSR count). The molecule has 0 bridgehead atoms. The molecular weight excluding hydrogens is 744 g/mol. The summed E-state index contributed by atoms with van der Waals surface area (Å²) in [5.41, 5.74) is 0. The molecule has 0 radical (unpaired) electrons. The van der Waals surface area contributed by atoms with Crippen LogP contribution < -0.4 is 9.47 Å². The topological polar surface area (TPSA) is 18.5 Å². The summed E-state index contributed by atoms with van der Waals surface area (Å²) in [5, 5.41) is 0. The Hall–Kier alpha value is -0.220. The highest BCUT2D eigenvalue weighted by Gasteiger charge is 2.10. The van der Waals surface area contributed by atoms with Gasteiger partial charge in [-0.2, -0.15) is 0 Å². The maximum absolute atomic E-state index is 6.22. The van der Waals surface area contributed by atoms with Gasteiger partial charge in [0.25, 0.3) is 0 Å². The van der Waals surface area contributed by atoms with Gasteiger partial charge in [-0.3, -0.25) is 0 Å². The molecule has 0 atom stereocenters. The Bertz CT molecular complexity index is 762. The van der Waals surface area contributed by atoms with Crippen molar-refractivity contribution >= 4 is 31.9 Å². The average molecular weight is 829 g/mol. The zero-order chi connectivity index (χ0) is 36.0.